The lowest BCUT2D eigenvalue weighted by molar-refractivity contribution is 0.0989. The molecule has 1 fully saturated rings. The Labute approximate surface area is 196 Å². The maximum absolute atomic E-state index is 13.5. The number of hydrogen-bond acceptors (Lipinski definition) is 5. The van der Waals surface area contributed by atoms with Crippen molar-refractivity contribution in [2.45, 2.75) is 32.6 Å². The molecule has 1 N–H and O–H groups in total. The predicted octanol–water partition coefficient (Wildman–Crippen LogP) is 3.32. The van der Waals surface area contributed by atoms with E-state index in [4.69, 9.17) is 4.74 Å². The second-order valence-electron chi connectivity index (χ2n) is 8.76. The van der Waals surface area contributed by atoms with Crippen molar-refractivity contribution in [1.82, 2.24) is 19.6 Å². The third kappa shape index (κ3) is 3.32. The molecule has 1 atom stereocenters. The molecule has 0 spiro atoms. The van der Waals surface area contributed by atoms with Crippen LogP contribution in [0.4, 0.5) is 5.69 Å². The van der Waals surface area contributed by atoms with Crippen molar-refractivity contribution in [3.63, 3.8) is 0 Å². The van der Waals surface area contributed by atoms with Gasteiger partial charge in [-0.1, -0.05) is 17.7 Å². The lowest BCUT2D eigenvalue weighted by Gasteiger charge is -2.19. The van der Waals surface area contributed by atoms with Gasteiger partial charge in [-0.2, -0.15) is 0 Å². The predicted molar refractivity (Wildman–Crippen MR) is 128 cm³/mol. The summed E-state index contributed by atoms with van der Waals surface area (Å²) in [5.41, 5.74) is 6.11. The van der Waals surface area contributed by atoms with Crippen molar-refractivity contribution in [2.24, 2.45) is 0 Å². The molecule has 0 saturated carbocycles. The zero-order valence-electron chi connectivity index (χ0n) is 18.4. The SMILES string of the molecule is Cc1ccc2c(c1)CCN2C(=O)c1cc2[nH]c(=O)c3nnc(C4CCOC4)n3c2cc1C.Cl. The molecule has 2 aromatic heterocycles. The number of fused-ring (bicyclic) bond motifs is 4. The van der Waals surface area contributed by atoms with E-state index in [1.165, 1.54) is 11.1 Å². The number of H-pyrrole nitrogens is 1. The van der Waals surface area contributed by atoms with Crippen LogP contribution in [0.3, 0.4) is 0 Å². The molecule has 170 valence electrons. The van der Waals surface area contributed by atoms with Gasteiger partial charge < -0.3 is 14.6 Å². The van der Waals surface area contributed by atoms with E-state index in [0.717, 1.165) is 35.4 Å². The molecule has 2 aromatic carbocycles. The summed E-state index contributed by atoms with van der Waals surface area (Å²) in [6.07, 6.45) is 1.69. The first-order valence-electron chi connectivity index (χ1n) is 10.9. The summed E-state index contributed by atoms with van der Waals surface area (Å²) in [5.74, 6) is 0.776. The van der Waals surface area contributed by atoms with Crippen molar-refractivity contribution in [3.8, 4) is 0 Å². The summed E-state index contributed by atoms with van der Waals surface area (Å²) in [5, 5.41) is 8.44. The third-order valence-corrected chi connectivity index (χ3v) is 6.62. The summed E-state index contributed by atoms with van der Waals surface area (Å²) < 4.78 is 7.34. The van der Waals surface area contributed by atoms with Crippen LogP contribution in [0.1, 0.15) is 45.2 Å². The van der Waals surface area contributed by atoms with Crippen LogP contribution in [0.2, 0.25) is 0 Å². The monoisotopic (exact) mass is 465 g/mol. The van der Waals surface area contributed by atoms with Gasteiger partial charge in [-0.05, 0) is 56.0 Å². The molecule has 1 saturated heterocycles. The third-order valence-electron chi connectivity index (χ3n) is 6.62. The molecule has 6 rings (SSSR count). The minimum absolute atomic E-state index is 0. The Morgan fingerprint density at radius 3 is 2.82 bits per heavy atom. The van der Waals surface area contributed by atoms with E-state index < -0.39 is 0 Å². The van der Waals surface area contributed by atoms with E-state index in [1.807, 2.05) is 34.4 Å². The van der Waals surface area contributed by atoms with E-state index in [-0.39, 0.29) is 35.4 Å². The number of nitrogens with one attached hydrogen (secondary N) is 1. The van der Waals surface area contributed by atoms with Gasteiger partial charge in [-0.25, -0.2) is 0 Å². The van der Waals surface area contributed by atoms with Gasteiger partial charge in [0.25, 0.3) is 11.5 Å². The Morgan fingerprint density at radius 2 is 2.03 bits per heavy atom. The Bertz CT molecular complexity index is 1470. The number of nitrogens with zero attached hydrogens (tertiary/aromatic N) is 4. The highest BCUT2D eigenvalue weighted by Gasteiger charge is 2.28. The second kappa shape index (κ2) is 7.97. The number of carbonyl (C=O) groups excluding carboxylic acids is 1. The van der Waals surface area contributed by atoms with Crippen LogP contribution in [0, 0.1) is 13.8 Å². The molecule has 4 heterocycles. The highest BCUT2D eigenvalue weighted by molar-refractivity contribution is 6.09. The molecule has 0 aliphatic carbocycles. The molecule has 2 aliphatic heterocycles. The maximum Gasteiger partial charge on any atom is 0.294 e. The van der Waals surface area contributed by atoms with Gasteiger partial charge in [-0.15, -0.1) is 22.6 Å². The number of rotatable bonds is 2. The highest BCUT2D eigenvalue weighted by atomic mass is 35.5. The summed E-state index contributed by atoms with van der Waals surface area (Å²) in [7, 11) is 0. The zero-order valence-corrected chi connectivity index (χ0v) is 19.2. The van der Waals surface area contributed by atoms with Gasteiger partial charge in [0.15, 0.2) is 0 Å². The van der Waals surface area contributed by atoms with Crippen molar-refractivity contribution >= 4 is 40.7 Å². The van der Waals surface area contributed by atoms with Gasteiger partial charge in [0.2, 0.25) is 5.65 Å². The molecule has 2 aliphatic rings. The minimum Gasteiger partial charge on any atom is -0.381 e. The molecular formula is C24H24ClN5O3. The number of halogens is 1. The van der Waals surface area contributed by atoms with Crippen molar-refractivity contribution in [1.29, 1.82) is 0 Å². The Morgan fingerprint density at radius 1 is 1.18 bits per heavy atom. The molecule has 1 amide bonds. The zero-order chi connectivity index (χ0) is 22.0. The number of carbonyl (C=O) groups is 1. The van der Waals surface area contributed by atoms with E-state index in [0.29, 0.717) is 30.8 Å². The van der Waals surface area contributed by atoms with E-state index in [2.05, 4.69) is 28.2 Å². The number of amides is 1. The molecule has 9 heteroatoms. The Hall–Kier alpha value is -3.23. The van der Waals surface area contributed by atoms with Gasteiger partial charge in [0.1, 0.15) is 5.82 Å². The molecule has 8 nitrogen and oxygen atoms in total. The van der Waals surface area contributed by atoms with Crippen LogP contribution < -0.4 is 10.5 Å². The van der Waals surface area contributed by atoms with Crippen LogP contribution in [0.25, 0.3) is 16.7 Å². The topological polar surface area (TPSA) is 92.6 Å². The van der Waals surface area contributed by atoms with Crippen LogP contribution in [-0.4, -0.2) is 45.2 Å². The van der Waals surface area contributed by atoms with Crippen molar-refractivity contribution in [2.75, 3.05) is 24.7 Å². The summed E-state index contributed by atoms with van der Waals surface area (Å²) in [6.45, 7) is 5.89. The Balaban J connectivity index is 0.00000228. The number of hydrogen-bond donors (Lipinski definition) is 1. The average Bonchev–Trinajstić information content (AvgIpc) is 3.52. The lowest BCUT2D eigenvalue weighted by atomic mass is 10.0. The largest absolute Gasteiger partial charge is 0.381 e. The number of anilines is 1. The molecule has 0 radical (unpaired) electrons. The Kier molecular flexibility index (Phi) is 5.22. The van der Waals surface area contributed by atoms with E-state index in [1.54, 1.807) is 6.07 Å². The number of aromatic amines is 1. The standard InChI is InChI=1S/C24H23N5O3.ClH/c1-13-3-4-19-15(9-13)5-7-28(19)24(31)17-11-18-20(10-14(17)2)29-21(16-6-8-32-12-16)26-27-22(29)23(30)25-18;/h3-4,9-11,16H,5-8,12H2,1-2H3,(H,25,30);1H. The first-order chi connectivity index (χ1) is 15.5. The average molecular weight is 466 g/mol. The quantitative estimate of drug-likeness (QED) is 0.490. The highest BCUT2D eigenvalue weighted by Crippen LogP contribution is 2.32. The van der Waals surface area contributed by atoms with Gasteiger partial charge >= 0.3 is 0 Å². The lowest BCUT2D eigenvalue weighted by Crippen LogP contribution is -2.29. The van der Waals surface area contributed by atoms with Crippen LogP contribution in [-0.2, 0) is 11.2 Å². The number of aryl methyl sites for hydroxylation is 2. The van der Waals surface area contributed by atoms with Gasteiger partial charge in [0, 0.05) is 30.3 Å². The van der Waals surface area contributed by atoms with Crippen molar-refractivity contribution < 1.29 is 9.53 Å². The fraction of sp³-hybridized carbons (Fsp3) is 0.333. The van der Waals surface area contributed by atoms with Crippen LogP contribution in [0.15, 0.2) is 35.1 Å². The van der Waals surface area contributed by atoms with Crippen LogP contribution in [0.5, 0.6) is 0 Å². The molecule has 1 unspecified atom stereocenters. The molecule has 33 heavy (non-hydrogen) atoms. The smallest absolute Gasteiger partial charge is 0.294 e. The number of ether oxygens (including phenoxy) is 1. The van der Waals surface area contributed by atoms with Crippen molar-refractivity contribution in [3.05, 3.63) is 68.8 Å². The van der Waals surface area contributed by atoms with Crippen LogP contribution >= 0.6 is 12.4 Å². The fourth-order valence-electron chi connectivity index (χ4n) is 4.96. The number of benzene rings is 2. The summed E-state index contributed by atoms with van der Waals surface area (Å²) in [6, 6.07) is 9.93. The number of aromatic nitrogens is 4. The summed E-state index contributed by atoms with van der Waals surface area (Å²) >= 11 is 0. The first-order valence-corrected chi connectivity index (χ1v) is 10.9. The fourth-order valence-corrected chi connectivity index (χ4v) is 4.96. The normalized spacial score (nSPS) is 17.5. The summed E-state index contributed by atoms with van der Waals surface area (Å²) in [4.78, 5) is 31.0. The van der Waals surface area contributed by atoms with E-state index in [9.17, 15) is 9.59 Å². The maximum atomic E-state index is 13.5. The second-order valence-corrected chi connectivity index (χ2v) is 8.76. The first kappa shape index (κ1) is 21.6. The molecule has 4 aromatic rings. The minimum atomic E-state index is -0.320. The van der Waals surface area contributed by atoms with Gasteiger partial charge in [-0.3, -0.25) is 14.0 Å². The molecule has 0 bridgehead atoms. The van der Waals surface area contributed by atoms with E-state index >= 15 is 0 Å². The van der Waals surface area contributed by atoms with Gasteiger partial charge in [0.05, 0.1) is 17.6 Å². The molecular weight excluding hydrogens is 442 g/mol.